The number of hydrogen-bond acceptors (Lipinski definition) is 7. The lowest BCUT2D eigenvalue weighted by Crippen LogP contribution is -2.32. The maximum Gasteiger partial charge on any atom is 0.233 e. The molecule has 0 unspecified atom stereocenters. The molecule has 1 amide bonds. The van der Waals surface area contributed by atoms with Crippen LogP contribution >= 0.6 is 11.8 Å². The van der Waals surface area contributed by atoms with E-state index in [2.05, 4.69) is 21.6 Å². The normalized spacial score (nSPS) is 14.5. The van der Waals surface area contributed by atoms with E-state index in [-0.39, 0.29) is 18.1 Å². The zero-order valence-corrected chi connectivity index (χ0v) is 14.7. The zero-order chi connectivity index (χ0) is 17.5. The summed E-state index contributed by atoms with van der Waals surface area (Å²) in [5, 5.41) is 21.4. The monoisotopic (exact) mass is 360 g/mol. The molecule has 0 radical (unpaired) electrons. The number of aromatic nitrogens is 4. The van der Waals surface area contributed by atoms with Crippen LogP contribution in [-0.4, -0.2) is 43.3 Å². The van der Waals surface area contributed by atoms with Crippen molar-refractivity contribution in [2.24, 2.45) is 0 Å². The quantitative estimate of drug-likeness (QED) is 0.666. The number of carbonyl (C=O) groups excluding carboxylic acids is 1. The van der Waals surface area contributed by atoms with Crippen LogP contribution in [0.15, 0.2) is 28.0 Å². The Morgan fingerprint density at radius 3 is 3.04 bits per heavy atom. The largest absolute Gasteiger partial charge is 0.467 e. The third kappa shape index (κ3) is 4.60. The van der Waals surface area contributed by atoms with Crippen molar-refractivity contribution in [3.63, 3.8) is 0 Å². The first-order valence-corrected chi connectivity index (χ1v) is 9.34. The minimum Gasteiger partial charge on any atom is -0.467 e. The molecule has 9 heteroatoms. The van der Waals surface area contributed by atoms with Crippen LogP contribution in [0.5, 0.6) is 0 Å². The summed E-state index contributed by atoms with van der Waals surface area (Å²) in [5.41, 5.74) is 0. The summed E-state index contributed by atoms with van der Waals surface area (Å²) in [6, 6.07) is 6.02. The number of furan rings is 1. The fourth-order valence-corrected chi connectivity index (χ4v) is 3.79. The molecule has 0 N–H and O–H groups in total. The highest BCUT2D eigenvalue weighted by Gasteiger charge is 2.23. The molecule has 1 aliphatic carbocycles. The third-order valence-corrected chi connectivity index (χ3v) is 5.15. The molecule has 1 aliphatic rings. The van der Waals surface area contributed by atoms with Crippen LogP contribution in [0.2, 0.25) is 0 Å². The smallest absolute Gasteiger partial charge is 0.233 e. The van der Waals surface area contributed by atoms with E-state index in [1.54, 1.807) is 17.2 Å². The Balaban J connectivity index is 1.59. The topological polar surface area (TPSA) is 101 Å². The molecular weight excluding hydrogens is 340 g/mol. The van der Waals surface area contributed by atoms with E-state index in [0.717, 1.165) is 12.8 Å². The molecule has 0 saturated heterocycles. The minimum atomic E-state index is -0.0578. The predicted molar refractivity (Wildman–Crippen MR) is 90.4 cm³/mol. The van der Waals surface area contributed by atoms with Crippen LogP contribution in [0.3, 0.4) is 0 Å². The Morgan fingerprint density at radius 2 is 2.32 bits per heavy atom. The van der Waals surface area contributed by atoms with Gasteiger partial charge in [-0.05, 0) is 35.4 Å². The number of amides is 1. The lowest BCUT2D eigenvalue weighted by Gasteiger charge is -2.20. The lowest BCUT2D eigenvalue weighted by molar-refractivity contribution is -0.129. The van der Waals surface area contributed by atoms with Gasteiger partial charge < -0.3 is 9.32 Å². The summed E-state index contributed by atoms with van der Waals surface area (Å²) >= 11 is 1.35. The minimum absolute atomic E-state index is 0.0578. The molecule has 3 rings (SSSR count). The zero-order valence-electron chi connectivity index (χ0n) is 13.9. The summed E-state index contributed by atoms with van der Waals surface area (Å²) in [7, 11) is 0. The average Bonchev–Trinajstić information content (AvgIpc) is 3.38. The van der Waals surface area contributed by atoms with E-state index >= 15 is 0 Å². The first-order chi connectivity index (χ1) is 12.3. The standard InChI is InChI=1S/C16H20N6O2S/c17-8-4-9-21(11-14-7-3-10-24-14)15(23)12-25-16-18-19-20-22(16)13-5-1-2-6-13/h3,7,10,13H,1-2,4-6,9,11-12H2. The first-order valence-electron chi connectivity index (χ1n) is 8.35. The number of tetrazole rings is 1. The highest BCUT2D eigenvalue weighted by atomic mass is 32.2. The fourth-order valence-electron chi connectivity index (χ4n) is 2.94. The Bertz CT molecular complexity index is 717. The molecule has 2 aromatic heterocycles. The van der Waals surface area contributed by atoms with Gasteiger partial charge in [0.05, 0.1) is 37.1 Å². The van der Waals surface area contributed by atoms with Crippen molar-refractivity contribution in [1.29, 1.82) is 5.26 Å². The molecule has 2 heterocycles. The van der Waals surface area contributed by atoms with Crippen molar-refractivity contribution in [2.75, 3.05) is 12.3 Å². The molecule has 1 fully saturated rings. The predicted octanol–water partition coefficient (Wildman–Crippen LogP) is 2.42. The second-order valence-electron chi connectivity index (χ2n) is 5.94. The van der Waals surface area contributed by atoms with Gasteiger partial charge in [-0.3, -0.25) is 4.79 Å². The fraction of sp³-hybridized carbons (Fsp3) is 0.562. The van der Waals surface area contributed by atoms with Gasteiger partial charge in [0.15, 0.2) is 0 Å². The van der Waals surface area contributed by atoms with E-state index in [0.29, 0.717) is 30.0 Å². The first kappa shape index (κ1) is 17.5. The van der Waals surface area contributed by atoms with Gasteiger partial charge in [0.1, 0.15) is 5.76 Å². The molecule has 25 heavy (non-hydrogen) atoms. The van der Waals surface area contributed by atoms with Gasteiger partial charge in [-0.1, -0.05) is 24.6 Å². The Labute approximate surface area is 150 Å². The van der Waals surface area contributed by atoms with Crippen molar-refractivity contribution < 1.29 is 9.21 Å². The van der Waals surface area contributed by atoms with E-state index in [4.69, 9.17) is 9.68 Å². The third-order valence-electron chi connectivity index (χ3n) is 4.23. The second-order valence-corrected chi connectivity index (χ2v) is 6.88. The van der Waals surface area contributed by atoms with Crippen molar-refractivity contribution in [2.45, 2.75) is 49.8 Å². The Kier molecular flexibility index (Phi) is 6.06. The van der Waals surface area contributed by atoms with Crippen molar-refractivity contribution in [3.8, 4) is 6.07 Å². The average molecular weight is 360 g/mol. The van der Waals surface area contributed by atoms with Gasteiger partial charge in [0.2, 0.25) is 11.1 Å². The summed E-state index contributed by atoms with van der Waals surface area (Å²) < 4.78 is 7.16. The van der Waals surface area contributed by atoms with Crippen LogP contribution in [0.4, 0.5) is 0 Å². The summed E-state index contributed by atoms with van der Waals surface area (Å²) in [6.45, 7) is 0.742. The van der Waals surface area contributed by atoms with E-state index in [1.165, 1.54) is 24.6 Å². The highest BCUT2D eigenvalue weighted by Crippen LogP contribution is 2.31. The van der Waals surface area contributed by atoms with E-state index in [1.807, 2.05) is 10.7 Å². The number of thioether (sulfide) groups is 1. The molecule has 0 aromatic carbocycles. The van der Waals surface area contributed by atoms with Crippen molar-refractivity contribution in [1.82, 2.24) is 25.1 Å². The number of nitriles is 1. The molecule has 0 bridgehead atoms. The number of hydrogen-bond donors (Lipinski definition) is 0. The van der Waals surface area contributed by atoms with Crippen LogP contribution in [0.25, 0.3) is 0 Å². The Morgan fingerprint density at radius 1 is 1.48 bits per heavy atom. The van der Waals surface area contributed by atoms with Crippen LogP contribution < -0.4 is 0 Å². The molecule has 0 spiro atoms. The number of carbonyl (C=O) groups is 1. The van der Waals surface area contributed by atoms with E-state index in [9.17, 15) is 4.79 Å². The van der Waals surface area contributed by atoms with Gasteiger partial charge in [-0.2, -0.15) is 5.26 Å². The van der Waals surface area contributed by atoms with Gasteiger partial charge >= 0.3 is 0 Å². The van der Waals surface area contributed by atoms with Crippen molar-refractivity contribution >= 4 is 17.7 Å². The van der Waals surface area contributed by atoms with Gasteiger partial charge in [-0.25, -0.2) is 4.68 Å². The second kappa shape index (κ2) is 8.67. The summed E-state index contributed by atoms with van der Waals surface area (Å²) in [4.78, 5) is 14.2. The molecule has 2 aromatic rings. The molecule has 0 aliphatic heterocycles. The lowest BCUT2D eigenvalue weighted by atomic mass is 10.3. The maximum absolute atomic E-state index is 12.6. The number of rotatable bonds is 8. The maximum atomic E-state index is 12.6. The molecule has 1 saturated carbocycles. The summed E-state index contributed by atoms with van der Waals surface area (Å²) in [6.07, 6.45) is 6.42. The van der Waals surface area contributed by atoms with Crippen molar-refractivity contribution in [3.05, 3.63) is 24.2 Å². The molecule has 8 nitrogen and oxygen atoms in total. The molecule has 0 atom stereocenters. The van der Waals surface area contributed by atoms with E-state index < -0.39 is 0 Å². The molecular formula is C16H20N6O2S. The van der Waals surface area contributed by atoms with Crippen LogP contribution in [0.1, 0.15) is 43.9 Å². The van der Waals surface area contributed by atoms with Gasteiger partial charge in [-0.15, -0.1) is 5.10 Å². The van der Waals surface area contributed by atoms with Gasteiger partial charge in [0, 0.05) is 6.54 Å². The molecule has 132 valence electrons. The van der Waals surface area contributed by atoms with Crippen LogP contribution in [0, 0.1) is 11.3 Å². The van der Waals surface area contributed by atoms with Crippen LogP contribution in [-0.2, 0) is 11.3 Å². The highest BCUT2D eigenvalue weighted by molar-refractivity contribution is 7.99. The summed E-state index contributed by atoms with van der Waals surface area (Å²) in [5.74, 6) is 0.879. The SMILES string of the molecule is N#CCCN(Cc1ccco1)C(=O)CSc1nnnn1C1CCCC1. The Hall–Kier alpha value is -2.34. The van der Waals surface area contributed by atoms with Gasteiger partial charge in [0.25, 0.3) is 0 Å². The number of nitrogens with zero attached hydrogens (tertiary/aromatic N) is 6.